The van der Waals surface area contributed by atoms with Gasteiger partial charge in [0.25, 0.3) is 0 Å². The van der Waals surface area contributed by atoms with Crippen molar-refractivity contribution >= 4 is 16.0 Å². The zero-order valence-corrected chi connectivity index (χ0v) is 12.7. The number of carbonyl (C=O) groups is 1. The van der Waals surface area contributed by atoms with Crippen molar-refractivity contribution in [1.29, 1.82) is 0 Å². The van der Waals surface area contributed by atoms with Crippen molar-refractivity contribution < 1.29 is 22.7 Å². The highest BCUT2D eigenvalue weighted by Crippen LogP contribution is 2.24. The predicted octanol–water partition coefficient (Wildman–Crippen LogP) is 1.70. The number of methoxy groups -OCH3 is 1. The van der Waals surface area contributed by atoms with Crippen LogP contribution in [0, 0.1) is 0 Å². The van der Waals surface area contributed by atoms with Crippen LogP contribution in [-0.4, -0.2) is 21.5 Å². The van der Waals surface area contributed by atoms with Crippen LogP contribution >= 0.6 is 0 Å². The molecule has 2 N–H and O–H groups in total. The average molecular weight is 321 g/mol. The van der Waals surface area contributed by atoms with E-state index in [0.29, 0.717) is 0 Å². The van der Waals surface area contributed by atoms with Crippen LogP contribution in [0.3, 0.4) is 0 Å². The van der Waals surface area contributed by atoms with Crippen LogP contribution in [0.4, 0.5) is 0 Å². The molecule has 22 heavy (non-hydrogen) atoms. The Morgan fingerprint density at radius 2 is 1.82 bits per heavy atom. The van der Waals surface area contributed by atoms with Gasteiger partial charge in [0.15, 0.2) is 0 Å². The summed E-state index contributed by atoms with van der Waals surface area (Å²) in [6.45, 7) is 0.0937. The number of esters is 1. The minimum Gasteiger partial charge on any atom is -0.495 e. The number of rotatable bonds is 5. The lowest BCUT2D eigenvalue weighted by Crippen LogP contribution is -2.15. The number of primary sulfonamides is 1. The Labute approximate surface area is 128 Å². The van der Waals surface area contributed by atoms with Crippen molar-refractivity contribution in [3.63, 3.8) is 0 Å². The summed E-state index contributed by atoms with van der Waals surface area (Å²) in [5, 5.41) is 5.11. The summed E-state index contributed by atoms with van der Waals surface area (Å²) in [6.07, 6.45) is 0. The van der Waals surface area contributed by atoms with Crippen LogP contribution in [0.5, 0.6) is 5.75 Å². The first-order valence-electron chi connectivity index (χ1n) is 6.33. The zero-order chi connectivity index (χ0) is 16.2. The second-order valence-corrected chi connectivity index (χ2v) is 6.00. The fraction of sp³-hybridized carbons (Fsp3) is 0.133. The molecule has 0 atom stereocenters. The molecule has 0 fully saturated rings. The van der Waals surface area contributed by atoms with Crippen molar-refractivity contribution in [2.45, 2.75) is 11.5 Å². The van der Waals surface area contributed by atoms with E-state index in [1.54, 1.807) is 0 Å². The lowest BCUT2D eigenvalue weighted by Gasteiger charge is -2.09. The third-order valence-electron chi connectivity index (χ3n) is 2.92. The summed E-state index contributed by atoms with van der Waals surface area (Å²) in [5.41, 5.74) is 0.914. The second-order valence-electron chi connectivity index (χ2n) is 4.47. The van der Waals surface area contributed by atoms with Crippen LogP contribution in [0.1, 0.15) is 15.9 Å². The van der Waals surface area contributed by atoms with Gasteiger partial charge in [-0.25, -0.2) is 18.4 Å². The Bertz CT molecular complexity index is 772. The maximum absolute atomic E-state index is 12.0. The largest absolute Gasteiger partial charge is 0.495 e. The molecule has 0 saturated carbocycles. The van der Waals surface area contributed by atoms with Gasteiger partial charge in [-0.1, -0.05) is 30.3 Å². The zero-order valence-electron chi connectivity index (χ0n) is 11.9. The third kappa shape index (κ3) is 3.84. The Morgan fingerprint density at radius 1 is 1.14 bits per heavy atom. The minimum absolute atomic E-state index is 0.0714. The molecule has 7 heteroatoms. The van der Waals surface area contributed by atoms with Crippen molar-refractivity contribution in [2.75, 3.05) is 7.11 Å². The number of hydrogen-bond acceptors (Lipinski definition) is 5. The number of nitrogens with two attached hydrogens (primary N) is 1. The molecule has 0 radical (unpaired) electrons. The third-order valence-corrected chi connectivity index (χ3v) is 3.85. The molecule has 0 aliphatic rings. The van der Waals surface area contributed by atoms with Gasteiger partial charge in [-0.15, -0.1) is 0 Å². The molecule has 0 bridgehead atoms. The average Bonchev–Trinajstić information content (AvgIpc) is 2.52. The van der Waals surface area contributed by atoms with Crippen molar-refractivity contribution in [3.8, 4) is 5.75 Å². The second kappa shape index (κ2) is 6.59. The molecule has 0 aliphatic carbocycles. The molecular weight excluding hydrogens is 306 g/mol. The van der Waals surface area contributed by atoms with E-state index in [-0.39, 0.29) is 22.8 Å². The van der Waals surface area contributed by atoms with Crippen molar-refractivity contribution in [1.82, 2.24) is 0 Å². The highest BCUT2D eigenvalue weighted by atomic mass is 32.2. The molecule has 0 amide bonds. The fourth-order valence-corrected chi connectivity index (χ4v) is 2.56. The number of sulfonamides is 1. The SMILES string of the molecule is COc1ccc(C(=O)OCc2ccccc2)cc1S(N)(=O)=O. The van der Waals surface area contributed by atoms with Gasteiger partial charge in [0.1, 0.15) is 17.3 Å². The molecule has 0 aliphatic heterocycles. The number of ether oxygens (including phenoxy) is 2. The van der Waals surface area contributed by atoms with Gasteiger partial charge in [0.05, 0.1) is 12.7 Å². The van der Waals surface area contributed by atoms with Crippen LogP contribution in [0.25, 0.3) is 0 Å². The van der Waals surface area contributed by atoms with E-state index in [4.69, 9.17) is 14.6 Å². The Balaban J connectivity index is 2.20. The number of carbonyl (C=O) groups excluding carboxylic acids is 1. The molecule has 0 saturated heterocycles. The standard InChI is InChI=1S/C15H15NO5S/c1-20-13-8-7-12(9-14(13)22(16,18)19)15(17)21-10-11-5-3-2-4-6-11/h2-9H,10H2,1H3,(H2,16,18,19). The lowest BCUT2D eigenvalue weighted by atomic mass is 10.2. The first kappa shape index (κ1) is 16.0. The van der Waals surface area contributed by atoms with Gasteiger partial charge in [0, 0.05) is 0 Å². The normalized spacial score (nSPS) is 11.0. The summed E-state index contributed by atoms with van der Waals surface area (Å²) in [6, 6.07) is 13.1. The van der Waals surface area contributed by atoms with E-state index < -0.39 is 16.0 Å². The van der Waals surface area contributed by atoms with Crippen LogP contribution < -0.4 is 9.88 Å². The van der Waals surface area contributed by atoms with Gasteiger partial charge in [-0.3, -0.25) is 0 Å². The molecule has 116 valence electrons. The summed E-state index contributed by atoms with van der Waals surface area (Å²) in [5.74, 6) is -0.571. The topological polar surface area (TPSA) is 95.7 Å². The van der Waals surface area contributed by atoms with Crippen LogP contribution in [-0.2, 0) is 21.4 Å². The van der Waals surface area contributed by atoms with Gasteiger partial charge >= 0.3 is 5.97 Å². The molecule has 2 aromatic carbocycles. The summed E-state index contributed by atoms with van der Waals surface area (Å²) >= 11 is 0. The summed E-state index contributed by atoms with van der Waals surface area (Å²) in [4.78, 5) is 11.7. The first-order chi connectivity index (χ1) is 10.4. The smallest absolute Gasteiger partial charge is 0.338 e. The Hall–Kier alpha value is -2.38. The fourth-order valence-electron chi connectivity index (χ4n) is 1.83. The van der Waals surface area contributed by atoms with Gasteiger partial charge in [-0.2, -0.15) is 0 Å². The molecule has 2 aromatic rings. The first-order valence-corrected chi connectivity index (χ1v) is 7.88. The molecule has 2 rings (SSSR count). The van der Waals surface area contributed by atoms with Crippen molar-refractivity contribution in [3.05, 3.63) is 59.7 Å². The minimum atomic E-state index is -4.00. The summed E-state index contributed by atoms with van der Waals surface area (Å²) < 4.78 is 33.1. The lowest BCUT2D eigenvalue weighted by molar-refractivity contribution is 0.0472. The predicted molar refractivity (Wildman–Crippen MR) is 79.9 cm³/mol. The Morgan fingerprint density at radius 3 is 2.41 bits per heavy atom. The molecule has 0 heterocycles. The molecular formula is C15H15NO5S. The maximum atomic E-state index is 12.0. The highest BCUT2D eigenvalue weighted by molar-refractivity contribution is 7.89. The molecule has 0 aromatic heterocycles. The van der Waals surface area contributed by atoms with E-state index in [1.165, 1.54) is 19.2 Å². The van der Waals surface area contributed by atoms with E-state index >= 15 is 0 Å². The Kier molecular flexibility index (Phi) is 4.79. The van der Waals surface area contributed by atoms with E-state index in [1.807, 2.05) is 30.3 Å². The number of benzene rings is 2. The summed E-state index contributed by atoms with van der Waals surface area (Å²) in [7, 11) is -2.68. The van der Waals surface area contributed by atoms with E-state index in [2.05, 4.69) is 0 Å². The van der Waals surface area contributed by atoms with Crippen LogP contribution in [0.2, 0.25) is 0 Å². The quantitative estimate of drug-likeness (QED) is 0.846. The monoisotopic (exact) mass is 321 g/mol. The van der Waals surface area contributed by atoms with Gasteiger partial charge < -0.3 is 9.47 Å². The van der Waals surface area contributed by atoms with Gasteiger partial charge in [0.2, 0.25) is 10.0 Å². The molecule has 6 nitrogen and oxygen atoms in total. The molecule has 0 spiro atoms. The van der Waals surface area contributed by atoms with Gasteiger partial charge in [-0.05, 0) is 23.8 Å². The van der Waals surface area contributed by atoms with Crippen molar-refractivity contribution in [2.24, 2.45) is 5.14 Å². The van der Waals surface area contributed by atoms with Crippen LogP contribution in [0.15, 0.2) is 53.4 Å². The number of hydrogen-bond donors (Lipinski definition) is 1. The highest BCUT2D eigenvalue weighted by Gasteiger charge is 2.18. The molecule has 0 unspecified atom stereocenters. The maximum Gasteiger partial charge on any atom is 0.338 e. The van der Waals surface area contributed by atoms with E-state index in [9.17, 15) is 13.2 Å². The van der Waals surface area contributed by atoms with E-state index in [0.717, 1.165) is 11.6 Å².